The summed E-state index contributed by atoms with van der Waals surface area (Å²) in [7, 11) is 0. The zero-order valence-electron chi connectivity index (χ0n) is 11.4. The molecule has 1 N–H and O–H groups in total. The Bertz CT molecular complexity index is 256. The molecular formula is C15H26N2O. The second kappa shape index (κ2) is 13.8. The number of nitriles is 1. The maximum Gasteiger partial charge on any atom is 0.221 e. The molecule has 0 saturated carbocycles. The summed E-state index contributed by atoms with van der Waals surface area (Å²) < 4.78 is 0. The Hall–Kier alpha value is -1.30. The first-order valence-corrected chi connectivity index (χ1v) is 7.05. The Morgan fingerprint density at radius 3 is 2.33 bits per heavy atom. The van der Waals surface area contributed by atoms with E-state index in [1.807, 2.05) is 12.1 Å². The first-order valence-electron chi connectivity index (χ1n) is 7.05. The topological polar surface area (TPSA) is 52.9 Å². The smallest absolute Gasteiger partial charge is 0.221 e. The molecule has 0 aromatic heterocycles. The molecule has 3 nitrogen and oxygen atoms in total. The molecule has 0 spiro atoms. The Morgan fingerprint density at radius 2 is 1.72 bits per heavy atom. The molecule has 0 saturated heterocycles. The second-order valence-electron chi connectivity index (χ2n) is 4.56. The largest absolute Gasteiger partial charge is 0.356 e. The number of allylic oxidation sites excluding steroid dienone is 1. The lowest BCUT2D eigenvalue weighted by Crippen LogP contribution is -2.23. The van der Waals surface area contributed by atoms with Gasteiger partial charge in [-0.1, -0.05) is 38.2 Å². The number of nitrogens with one attached hydrogen (secondary N) is 1. The lowest BCUT2D eigenvalue weighted by atomic mass is 10.1. The summed E-state index contributed by atoms with van der Waals surface area (Å²) >= 11 is 0. The maximum absolute atomic E-state index is 11.2. The van der Waals surface area contributed by atoms with E-state index in [0.29, 0.717) is 12.8 Å². The maximum atomic E-state index is 11.2. The predicted octanol–water partition coefficient (Wildman–Crippen LogP) is 3.71. The van der Waals surface area contributed by atoms with Crippen LogP contribution in [-0.2, 0) is 4.79 Å². The Morgan fingerprint density at radius 1 is 1.11 bits per heavy atom. The monoisotopic (exact) mass is 250 g/mol. The molecule has 0 radical (unpaired) electrons. The van der Waals surface area contributed by atoms with Gasteiger partial charge in [0.1, 0.15) is 0 Å². The lowest BCUT2D eigenvalue weighted by Gasteiger charge is -2.04. The lowest BCUT2D eigenvalue weighted by molar-refractivity contribution is -0.120. The van der Waals surface area contributed by atoms with Crippen LogP contribution in [0, 0.1) is 11.3 Å². The Balaban J connectivity index is 3.09. The quantitative estimate of drug-likeness (QED) is 0.424. The van der Waals surface area contributed by atoms with Gasteiger partial charge in [-0.2, -0.15) is 5.26 Å². The summed E-state index contributed by atoms with van der Waals surface area (Å²) in [5.41, 5.74) is 0. The van der Waals surface area contributed by atoms with Crippen LogP contribution in [0.5, 0.6) is 0 Å². The Labute approximate surface area is 111 Å². The predicted molar refractivity (Wildman–Crippen MR) is 75.0 cm³/mol. The number of nitrogens with zero attached hydrogens (tertiary/aromatic N) is 1. The number of carbonyl (C=O) groups is 1. The third-order valence-corrected chi connectivity index (χ3v) is 2.87. The van der Waals surface area contributed by atoms with Crippen LogP contribution >= 0.6 is 0 Å². The van der Waals surface area contributed by atoms with Crippen LogP contribution in [0.25, 0.3) is 0 Å². The summed E-state index contributed by atoms with van der Waals surface area (Å²) in [5.74, 6) is 0.000903. The van der Waals surface area contributed by atoms with Gasteiger partial charge in [0.05, 0.1) is 6.07 Å². The summed E-state index contributed by atoms with van der Waals surface area (Å²) in [6.45, 7) is 4.46. The third kappa shape index (κ3) is 12.8. The first kappa shape index (κ1) is 16.7. The molecule has 0 aliphatic rings. The van der Waals surface area contributed by atoms with Crippen molar-refractivity contribution in [2.45, 2.75) is 64.2 Å². The molecule has 0 rings (SSSR count). The van der Waals surface area contributed by atoms with Gasteiger partial charge in [0.2, 0.25) is 5.91 Å². The zero-order valence-corrected chi connectivity index (χ0v) is 11.4. The minimum atomic E-state index is 0.000903. The van der Waals surface area contributed by atoms with Crippen molar-refractivity contribution in [2.24, 2.45) is 0 Å². The molecule has 0 aromatic carbocycles. The van der Waals surface area contributed by atoms with Gasteiger partial charge in [-0.3, -0.25) is 4.79 Å². The fourth-order valence-electron chi connectivity index (χ4n) is 1.78. The number of amides is 1. The second-order valence-corrected chi connectivity index (χ2v) is 4.56. The van der Waals surface area contributed by atoms with E-state index in [-0.39, 0.29) is 5.91 Å². The summed E-state index contributed by atoms with van der Waals surface area (Å²) in [4.78, 5) is 11.2. The van der Waals surface area contributed by atoms with E-state index in [1.54, 1.807) is 0 Å². The van der Waals surface area contributed by atoms with E-state index in [2.05, 4.69) is 11.9 Å². The number of carbonyl (C=O) groups excluding carboxylic acids is 1. The zero-order chi connectivity index (χ0) is 13.5. The van der Waals surface area contributed by atoms with Crippen LogP contribution in [0.15, 0.2) is 12.7 Å². The third-order valence-electron chi connectivity index (χ3n) is 2.87. The molecular weight excluding hydrogens is 224 g/mol. The van der Waals surface area contributed by atoms with Crippen LogP contribution < -0.4 is 5.32 Å². The van der Waals surface area contributed by atoms with Gasteiger partial charge >= 0.3 is 0 Å². The molecule has 0 aliphatic carbocycles. The number of unbranched alkanes of at least 4 members (excludes halogenated alkanes) is 7. The van der Waals surface area contributed by atoms with Gasteiger partial charge in [0, 0.05) is 19.4 Å². The van der Waals surface area contributed by atoms with Gasteiger partial charge in [-0.25, -0.2) is 0 Å². The van der Waals surface area contributed by atoms with Crippen LogP contribution in [0.2, 0.25) is 0 Å². The van der Waals surface area contributed by atoms with Crippen molar-refractivity contribution in [3.8, 4) is 6.07 Å². The van der Waals surface area contributed by atoms with Crippen LogP contribution in [-0.4, -0.2) is 12.5 Å². The van der Waals surface area contributed by atoms with Crippen molar-refractivity contribution in [3.05, 3.63) is 12.7 Å². The normalized spacial score (nSPS) is 9.72. The van der Waals surface area contributed by atoms with Gasteiger partial charge in [0.15, 0.2) is 0 Å². The fraction of sp³-hybridized carbons (Fsp3) is 0.733. The summed E-state index contributed by atoms with van der Waals surface area (Å²) in [6, 6.07) is 1.97. The average molecular weight is 250 g/mol. The molecule has 0 unspecified atom stereocenters. The highest BCUT2D eigenvalue weighted by atomic mass is 16.1. The van der Waals surface area contributed by atoms with E-state index < -0.39 is 0 Å². The molecule has 1 amide bonds. The molecule has 0 atom stereocenters. The highest BCUT2D eigenvalue weighted by Crippen LogP contribution is 2.08. The van der Waals surface area contributed by atoms with E-state index in [4.69, 9.17) is 5.26 Å². The van der Waals surface area contributed by atoms with Crippen molar-refractivity contribution in [1.82, 2.24) is 5.32 Å². The fourth-order valence-corrected chi connectivity index (χ4v) is 1.78. The van der Waals surface area contributed by atoms with Crippen LogP contribution in [0.1, 0.15) is 64.2 Å². The minimum absolute atomic E-state index is 0.000903. The molecule has 18 heavy (non-hydrogen) atoms. The van der Waals surface area contributed by atoms with E-state index in [1.165, 1.54) is 38.5 Å². The summed E-state index contributed by atoms with van der Waals surface area (Å²) in [5, 5.41) is 11.2. The van der Waals surface area contributed by atoms with Gasteiger partial charge < -0.3 is 5.32 Å². The minimum Gasteiger partial charge on any atom is -0.356 e. The number of hydrogen-bond acceptors (Lipinski definition) is 2. The molecule has 102 valence electrons. The van der Waals surface area contributed by atoms with Crippen LogP contribution in [0.4, 0.5) is 0 Å². The van der Waals surface area contributed by atoms with Crippen molar-refractivity contribution in [3.63, 3.8) is 0 Å². The SMILES string of the molecule is C=CCCCCCCCCCNC(=O)CCC#N. The van der Waals surface area contributed by atoms with Crippen LogP contribution in [0.3, 0.4) is 0 Å². The molecule has 3 heteroatoms. The van der Waals surface area contributed by atoms with Crippen molar-refractivity contribution >= 4 is 5.91 Å². The first-order chi connectivity index (χ1) is 8.81. The standard InChI is InChI=1S/C15H26N2O/c1-2-3-4-5-6-7-8-9-10-14-17-15(18)12-11-13-16/h2H,1,3-12,14H2,(H,17,18). The highest BCUT2D eigenvalue weighted by Gasteiger charge is 1.98. The number of rotatable bonds is 12. The molecule has 0 fully saturated rings. The Kier molecular flexibility index (Phi) is 12.8. The van der Waals surface area contributed by atoms with E-state index >= 15 is 0 Å². The van der Waals surface area contributed by atoms with Gasteiger partial charge in [-0.05, 0) is 19.3 Å². The van der Waals surface area contributed by atoms with Crippen molar-refractivity contribution < 1.29 is 4.79 Å². The highest BCUT2D eigenvalue weighted by molar-refractivity contribution is 5.75. The number of hydrogen-bond donors (Lipinski definition) is 1. The van der Waals surface area contributed by atoms with Gasteiger partial charge in [0.25, 0.3) is 0 Å². The molecule has 0 aromatic rings. The van der Waals surface area contributed by atoms with Crippen molar-refractivity contribution in [2.75, 3.05) is 6.54 Å². The van der Waals surface area contributed by atoms with Crippen molar-refractivity contribution in [1.29, 1.82) is 5.26 Å². The van der Waals surface area contributed by atoms with E-state index in [9.17, 15) is 4.79 Å². The summed E-state index contributed by atoms with van der Waals surface area (Å²) in [6.07, 6.45) is 12.4. The molecule has 0 heterocycles. The van der Waals surface area contributed by atoms with Gasteiger partial charge in [-0.15, -0.1) is 6.58 Å². The molecule has 0 aliphatic heterocycles. The average Bonchev–Trinajstić information content (AvgIpc) is 2.38. The van der Waals surface area contributed by atoms with E-state index in [0.717, 1.165) is 19.4 Å². The molecule has 0 bridgehead atoms.